The molecule has 8 nitrogen and oxygen atoms in total. The van der Waals surface area contributed by atoms with Crippen LogP contribution in [0.25, 0.3) is 6.08 Å². The van der Waals surface area contributed by atoms with Gasteiger partial charge in [0, 0.05) is 24.7 Å². The first-order chi connectivity index (χ1) is 21.5. The molecule has 5 rings (SSSR count). The minimum Gasteiger partial charge on any atom is -0.465 e. The molecule has 0 atom stereocenters. The molecule has 0 saturated heterocycles. The molecule has 2 heterocycles. The highest BCUT2D eigenvalue weighted by Gasteiger charge is 2.37. The molecular formula is C36H36N4O4. The van der Waals surface area contributed by atoms with Gasteiger partial charge in [0.1, 0.15) is 11.4 Å². The standard InChI is InChI=1S/C36H36N4O4/c1-4-21-40(44-5-2)34(41)26-22-31-32(23-27(25-37-31)35(42)43-3)38-33(24-26)39-36(28-15-9-6-10-16-28,29-17-11-7-12-18-29)30-19-13-8-14-20-30/h6-20,22-23,25H,4-5,21,24H2,1-3H3,(H,38,39). The molecule has 44 heavy (non-hydrogen) atoms. The van der Waals surface area contributed by atoms with Gasteiger partial charge >= 0.3 is 5.97 Å². The van der Waals surface area contributed by atoms with E-state index in [1.54, 1.807) is 12.1 Å². The van der Waals surface area contributed by atoms with Crippen LogP contribution in [0.3, 0.4) is 0 Å². The fourth-order valence-electron chi connectivity index (χ4n) is 5.40. The summed E-state index contributed by atoms with van der Waals surface area (Å²) in [5.41, 5.74) is 3.67. The van der Waals surface area contributed by atoms with Gasteiger partial charge < -0.3 is 10.1 Å². The molecule has 1 aliphatic heterocycles. The Labute approximate surface area is 258 Å². The van der Waals surface area contributed by atoms with Gasteiger partial charge in [0.25, 0.3) is 5.91 Å². The van der Waals surface area contributed by atoms with Crippen LogP contribution in [0.5, 0.6) is 0 Å². The lowest BCUT2D eigenvalue weighted by atomic mass is 9.77. The Hall–Kier alpha value is -5.08. The van der Waals surface area contributed by atoms with Crippen LogP contribution in [0, 0.1) is 0 Å². The lowest BCUT2D eigenvalue weighted by molar-refractivity contribution is -0.180. The number of pyridine rings is 1. The number of nitrogens with zero attached hydrogens (tertiary/aromatic N) is 3. The van der Waals surface area contributed by atoms with Gasteiger partial charge in [0.15, 0.2) is 0 Å². The van der Waals surface area contributed by atoms with E-state index in [1.807, 2.05) is 68.4 Å². The lowest BCUT2D eigenvalue weighted by Gasteiger charge is -2.33. The second kappa shape index (κ2) is 13.9. The van der Waals surface area contributed by atoms with Gasteiger partial charge in [-0.15, -0.1) is 0 Å². The molecule has 0 radical (unpaired) electrons. The topological polar surface area (TPSA) is 93.1 Å². The summed E-state index contributed by atoms with van der Waals surface area (Å²) in [5.74, 6) is -0.251. The van der Waals surface area contributed by atoms with Crippen molar-refractivity contribution in [3.8, 4) is 0 Å². The van der Waals surface area contributed by atoms with Crippen molar-refractivity contribution in [2.45, 2.75) is 32.2 Å². The maximum atomic E-state index is 13.9. The fourth-order valence-corrected chi connectivity index (χ4v) is 5.40. The zero-order chi connectivity index (χ0) is 30.9. The molecule has 0 saturated carbocycles. The molecule has 0 spiro atoms. The average molecular weight is 589 g/mol. The minimum atomic E-state index is -0.971. The summed E-state index contributed by atoms with van der Waals surface area (Å²) in [5, 5.41) is 4.85. The van der Waals surface area contributed by atoms with Gasteiger partial charge in [-0.1, -0.05) is 97.9 Å². The third kappa shape index (κ3) is 6.31. The predicted molar refractivity (Wildman–Crippen MR) is 172 cm³/mol. The first kappa shape index (κ1) is 30.4. The molecule has 1 N–H and O–H groups in total. The number of aliphatic imine (C=N–C) groups is 1. The molecule has 0 unspecified atom stereocenters. The van der Waals surface area contributed by atoms with Crippen LogP contribution >= 0.6 is 0 Å². The molecule has 4 aromatic rings. The summed E-state index contributed by atoms with van der Waals surface area (Å²) in [6.07, 6.45) is 4.09. The fraction of sp³-hybridized carbons (Fsp3) is 0.222. The van der Waals surface area contributed by atoms with E-state index in [0.717, 1.165) is 23.1 Å². The summed E-state index contributed by atoms with van der Waals surface area (Å²) in [4.78, 5) is 42.2. The predicted octanol–water partition coefficient (Wildman–Crippen LogP) is 6.65. The number of ether oxygens (including phenoxy) is 1. The number of hydrogen-bond acceptors (Lipinski definition) is 6. The molecule has 1 aromatic heterocycles. The first-order valence-electron chi connectivity index (χ1n) is 14.8. The number of fused-ring (bicyclic) bond motifs is 1. The van der Waals surface area contributed by atoms with Crippen molar-refractivity contribution in [1.82, 2.24) is 10.0 Å². The van der Waals surface area contributed by atoms with Crippen LogP contribution in [0.4, 0.5) is 5.69 Å². The number of hydrogen-bond donors (Lipinski definition) is 1. The summed E-state index contributed by atoms with van der Waals surface area (Å²) in [6.45, 7) is 4.64. The van der Waals surface area contributed by atoms with Crippen LogP contribution in [0.2, 0.25) is 0 Å². The average Bonchev–Trinajstić information content (AvgIpc) is 3.26. The minimum absolute atomic E-state index is 0.171. The van der Waals surface area contributed by atoms with E-state index in [1.165, 1.54) is 18.4 Å². The Kier molecular flexibility index (Phi) is 9.62. The first-order valence-corrected chi connectivity index (χ1v) is 14.8. The van der Waals surface area contributed by atoms with Gasteiger partial charge in [-0.3, -0.25) is 19.6 Å². The van der Waals surface area contributed by atoms with Crippen molar-refractivity contribution >= 4 is 29.5 Å². The van der Waals surface area contributed by atoms with E-state index in [2.05, 4.69) is 46.7 Å². The number of amidine groups is 1. The van der Waals surface area contributed by atoms with Gasteiger partial charge in [0.05, 0.1) is 30.7 Å². The van der Waals surface area contributed by atoms with Crippen molar-refractivity contribution in [3.05, 3.63) is 137 Å². The number of anilines is 1. The van der Waals surface area contributed by atoms with Crippen LogP contribution in [-0.4, -0.2) is 48.0 Å². The van der Waals surface area contributed by atoms with Gasteiger partial charge in [0.2, 0.25) is 0 Å². The molecule has 0 aliphatic carbocycles. The van der Waals surface area contributed by atoms with Crippen molar-refractivity contribution in [1.29, 1.82) is 0 Å². The van der Waals surface area contributed by atoms with Crippen LogP contribution < -0.4 is 5.32 Å². The summed E-state index contributed by atoms with van der Waals surface area (Å²) in [7, 11) is 1.33. The number of amides is 1. The van der Waals surface area contributed by atoms with E-state index in [0.29, 0.717) is 35.9 Å². The number of aromatic nitrogens is 1. The maximum absolute atomic E-state index is 13.9. The Morgan fingerprint density at radius 2 is 1.48 bits per heavy atom. The van der Waals surface area contributed by atoms with Crippen molar-refractivity contribution in [3.63, 3.8) is 0 Å². The van der Waals surface area contributed by atoms with Gasteiger partial charge in [-0.25, -0.2) is 9.86 Å². The summed E-state index contributed by atoms with van der Waals surface area (Å²) in [6, 6.07) is 32.0. The van der Waals surface area contributed by atoms with E-state index in [4.69, 9.17) is 14.6 Å². The highest BCUT2D eigenvalue weighted by Crippen LogP contribution is 2.41. The summed E-state index contributed by atoms with van der Waals surface area (Å²) >= 11 is 0. The molecule has 0 bridgehead atoms. The molecule has 3 aromatic carbocycles. The quantitative estimate of drug-likeness (QED) is 0.127. The second-order valence-corrected chi connectivity index (χ2v) is 10.3. The monoisotopic (exact) mass is 588 g/mol. The molecular weight excluding hydrogens is 552 g/mol. The zero-order valence-corrected chi connectivity index (χ0v) is 25.2. The number of nitrogens with one attached hydrogen (secondary N) is 1. The largest absolute Gasteiger partial charge is 0.465 e. The highest BCUT2D eigenvalue weighted by atomic mass is 16.7. The molecule has 1 aliphatic rings. The van der Waals surface area contributed by atoms with Crippen LogP contribution in [0.1, 0.15) is 59.4 Å². The number of methoxy groups -OCH3 is 1. The lowest BCUT2D eigenvalue weighted by Crippen LogP contribution is -2.34. The Balaban J connectivity index is 1.76. The Morgan fingerprint density at radius 3 is 1.98 bits per heavy atom. The van der Waals surface area contributed by atoms with Gasteiger partial charge in [-0.2, -0.15) is 0 Å². The SMILES string of the molecule is CCCN(OCC)C(=O)C1=Cc2ncc(C(=O)OC)cc2NC(=NC(c2ccccc2)(c2ccccc2)c2ccccc2)C1. The molecule has 0 fully saturated rings. The van der Waals surface area contributed by atoms with Crippen molar-refractivity contribution in [2.75, 3.05) is 25.6 Å². The second-order valence-electron chi connectivity index (χ2n) is 10.3. The van der Waals surface area contributed by atoms with Gasteiger partial charge in [-0.05, 0) is 42.2 Å². The number of carbonyl (C=O) groups is 2. The van der Waals surface area contributed by atoms with Crippen molar-refractivity contribution < 1.29 is 19.2 Å². The molecule has 224 valence electrons. The smallest absolute Gasteiger partial charge is 0.339 e. The maximum Gasteiger partial charge on any atom is 0.339 e. The van der Waals surface area contributed by atoms with E-state index in [-0.39, 0.29) is 17.9 Å². The zero-order valence-electron chi connectivity index (χ0n) is 25.2. The third-order valence-electron chi connectivity index (χ3n) is 7.38. The number of benzene rings is 3. The third-order valence-corrected chi connectivity index (χ3v) is 7.38. The number of esters is 1. The Bertz CT molecular complexity index is 1550. The molecule has 8 heteroatoms. The normalized spacial score (nSPS) is 13.7. The Morgan fingerprint density at radius 1 is 0.909 bits per heavy atom. The highest BCUT2D eigenvalue weighted by molar-refractivity contribution is 6.10. The number of hydroxylamine groups is 2. The van der Waals surface area contributed by atoms with Crippen molar-refractivity contribution in [2.24, 2.45) is 4.99 Å². The van der Waals surface area contributed by atoms with E-state index < -0.39 is 11.5 Å². The van der Waals surface area contributed by atoms with E-state index in [9.17, 15) is 9.59 Å². The summed E-state index contributed by atoms with van der Waals surface area (Å²) < 4.78 is 4.95. The number of rotatable bonds is 10. The van der Waals surface area contributed by atoms with E-state index >= 15 is 0 Å². The van der Waals surface area contributed by atoms with Crippen LogP contribution in [-0.2, 0) is 19.9 Å². The van der Waals surface area contributed by atoms with Crippen LogP contribution in [0.15, 0.2) is 114 Å². The number of carbonyl (C=O) groups excluding carboxylic acids is 2. The molecule has 1 amide bonds.